The third-order valence-corrected chi connectivity index (χ3v) is 7.94. The number of H-pyrrole nitrogens is 1. The first-order valence-electron chi connectivity index (χ1n) is 11.9. The molecule has 4 aromatic rings. The highest BCUT2D eigenvalue weighted by molar-refractivity contribution is 5.87. The Morgan fingerprint density at radius 3 is 2.74 bits per heavy atom. The van der Waals surface area contributed by atoms with Crippen molar-refractivity contribution >= 4 is 16.6 Å². The summed E-state index contributed by atoms with van der Waals surface area (Å²) in [5, 5.41) is 22.7. The molecule has 1 fully saturated rings. The lowest BCUT2D eigenvalue weighted by Crippen LogP contribution is -2.53. The normalized spacial score (nSPS) is 22.3. The highest BCUT2D eigenvalue weighted by Crippen LogP contribution is 2.49. The topological polar surface area (TPSA) is 82.4 Å². The number of fused-ring (bicyclic) bond motifs is 4. The van der Waals surface area contributed by atoms with Gasteiger partial charge in [0, 0.05) is 41.7 Å². The lowest BCUT2D eigenvalue weighted by molar-refractivity contribution is -0.384. The fourth-order valence-corrected chi connectivity index (χ4v) is 6.27. The molecule has 2 N–H and O–H groups in total. The molecule has 0 saturated carbocycles. The Kier molecular flexibility index (Phi) is 4.92. The number of nitro benzene ring substituents is 1. The molecule has 6 heteroatoms. The maximum Gasteiger partial charge on any atom is 0.271 e. The number of rotatable bonds is 4. The standard InChI is InChI=1S/C28H27N3O3/c32-23-8-4-7-20(13-23)28-11-12-30(17-19-5-2-1-3-6-19)18-21(28)14-25-24-10-9-22(31(33)34)15-26(24)29-27(25)16-28/h1-10,13,15,21,29,32H,11-12,14,16-18H2/t21?,28-/m0/s1. The van der Waals surface area contributed by atoms with Crippen molar-refractivity contribution in [1.29, 1.82) is 0 Å². The molecule has 2 atom stereocenters. The van der Waals surface area contributed by atoms with E-state index in [2.05, 4.69) is 46.3 Å². The average Bonchev–Trinajstić information content (AvgIpc) is 3.19. The number of aromatic nitrogens is 1. The van der Waals surface area contributed by atoms with Crippen LogP contribution in [0.25, 0.3) is 10.9 Å². The van der Waals surface area contributed by atoms with Crippen LogP contribution in [0.5, 0.6) is 5.75 Å². The van der Waals surface area contributed by atoms with E-state index in [1.807, 2.05) is 18.2 Å². The van der Waals surface area contributed by atoms with E-state index in [-0.39, 0.29) is 16.0 Å². The summed E-state index contributed by atoms with van der Waals surface area (Å²) in [6, 6.07) is 23.5. The molecule has 1 saturated heterocycles. The molecule has 0 bridgehead atoms. The minimum atomic E-state index is -0.339. The molecule has 172 valence electrons. The zero-order valence-electron chi connectivity index (χ0n) is 18.9. The maximum absolute atomic E-state index is 11.3. The Morgan fingerprint density at radius 2 is 1.94 bits per heavy atom. The van der Waals surface area contributed by atoms with Gasteiger partial charge in [-0.25, -0.2) is 0 Å². The molecule has 0 amide bonds. The first kappa shape index (κ1) is 20.9. The molecule has 2 heterocycles. The van der Waals surface area contributed by atoms with Gasteiger partial charge in [0.1, 0.15) is 5.75 Å². The average molecular weight is 454 g/mol. The first-order chi connectivity index (χ1) is 16.5. The molecule has 1 aromatic heterocycles. The molecule has 6 rings (SSSR count). The smallest absolute Gasteiger partial charge is 0.271 e. The van der Waals surface area contributed by atoms with Gasteiger partial charge in [-0.2, -0.15) is 0 Å². The molecule has 1 unspecified atom stereocenters. The molecule has 34 heavy (non-hydrogen) atoms. The number of nitro groups is 1. The number of piperidine rings is 1. The van der Waals surface area contributed by atoms with E-state index >= 15 is 0 Å². The number of phenols is 1. The monoisotopic (exact) mass is 453 g/mol. The van der Waals surface area contributed by atoms with E-state index in [0.717, 1.165) is 49.8 Å². The highest BCUT2D eigenvalue weighted by Gasteiger charge is 2.48. The molecular formula is C28H27N3O3. The van der Waals surface area contributed by atoms with Gasteiger partial charge in [0.2, 0.25) is 0 Å². The predicted octanol–water partition coefficient (Wildman–Crippen LogP) is 5.34. The van der Waals surface area contributed by atoms with E-state index in [9.17, 15) is 15.2 Å². The Morgan fingerprint density at radius 1 is 1.09 bits per heavy atom. The van der Waals surface area contributed by atoms with E-state index in [1.54, 1.807) is 18.2 Å². The SMILES string of the molecule is O=[N+]([O-])c1ccc2c3c([nH]c2c1)C[C@]1(c2cccc(O)c2)CCN(Cc2ccccc2)CC1C3. The Hall–Kier alpha value is -3.64. The number of benzene rings is 3. The minimum absolute atomic E-state index is 0.0776. The number of nitrogens with zero attached hydrogens (tertiary/aromatic N) is 2. The van der Waals surface area contributed by atoms with Crippen LogP contribution < -0.4 is 0 Å². The van der Waals surface area contributed by atoms with Crippen molar-refractivity contribution in [3.8, 4) is 5.75 Å². The van der Waals surface area contributed by atoms with Gasteiger partial charge in [0.15, 0.2) is 0 Å². The zero-order chi connectivity index (χ0) is 23.3. The summed E-state index contributed by atoms with van der Waals surface area (Å²) in [6.45, 7) is 2.89. The van der Waals surface area contributed by atoms with E-state index in [0.29, 0.717) is 11.7 Å². The quantitative estimate of drug-likeness (QED) is 0.323. The number of phenolic OH excluding ortho intramolecular Hbond substituents is 1. The second kappa shape index (κ2) is 7.99. The fourth-order valence-electron chi connectivity index (χ4n) is 6.27. The Balaban J connectivity index is 1.41. The molecular weight excluding hydrogens is 426 g/mol. The Labute approximate surface area is 198 Å². The third-order valence-electron chi connectivity index (χ3n) is 7.94. The van der Waals surface area contributed by atoms with Crippen LogP contribution in [-0.4, -0.2) is 33.0 Å². The predicted molar refractivity (Wildman–Crippen MR) is 132 cm³/mol. The van der Waals surface area contributed by atoms with Gasteiger partial charge >= 0.3 is 0 Å². The number of nitrogens with one attached hydrogen (secondary N) is 1. The molecule has 0 radical (unpaired) electrons. The maximum atomic E-state index is 11.3. The van der Waals surface area contributed by atoms with Gasteiger partial charge in [-0.1, -0.05) is 42.5 Å². The van der Waals surface area contributed by atoms with Crippen LogP contribution in [0.15, 0.2) is 72.8 Å². The summed E-state index contributed by atoms with van der Waals surface area (Å²) in [6.07, 6.45) is 2.76. The molecule has 3 aromatic carbocycles. The largest absolute Gasteiger partial charge is 0.508 e. The Bertz CT molecular complexity index is 1380. The van der Waals surface area contributed by atoms with Crippen molar-refractivity contribution in [1.82, 2.24) is 9.88 Å². The highest BCUT2D eigenvalue weighted by atomic mass is 16.6. The zero-order valence-corrected chi connectivity index (χ0v) is 18.9. The van der Waals surface area contributed by atoms with Crippen LogP contribution >= 0.6 is 0 Å². The van der Waals surface area contributed by atoms with Gasteiger partial charge in [-0.3, -0.25) is 15.0 Å². The summed E-state index contributed by atoms with van der Waals surface area (Å²) >= 11 is 0. The van der Waals surface area contributed by atoms with Gasteiger partial charge in [-0.05, 0) is 66.6 Å². The number of non-ortho nitro benzene ring substituents is 1. The van der Waals surface area contributed by atoms with Crippen molar-refractivity contribution < 1.29 is 10.0 Å². The number of hydrogen-bond donors (Lipinski definition) is 2. The molecule has 6 nitrogen and oxygen atoms in total. The lowest BCUT2D eigenvalue weighted by atomic mass is 9.58. The van der Waals surface area contributed by atoms with Gasteiger partial charge in [0.05, 0.1) is 10.4 Å². The van der Waals surface area contributed by atoms with E-state index in [4.69, 9.17) is 0 Å². The van der Waals surface area contributed by atoms with Crippen LogP contribution in [0.2, 0.25) is 0 Å². The fraction of sp³-hybridized carbons (Fsp3) is 0.286. The van der Waals surface area contributed by atoms with Crippen molar-refractivity contribution in [2.75, 3.05) is 13.1 Å². The van der Waals surface area contributed by atoms with Crippen LogP contribution in [0.1, 0.15) is 28.8 Å². The van der Waals surface area contributed by atoms with Crippen LogP contribution in [-0.2, 0) is 24.8 Å². The second-order valence-electron chi connectivity index (χ2n) is 9.82. The molecule has 1 aliphatic carbocycles. The van der Waals surface area contributed by atoms with E-state index in [1.165, 1.54) is 22.4 Å². The van der Waals surface area contributed by atoms with Crippen molar-refractivity contribution in [2.24, 2.45) is 5.92 Å². The van der Waals surface area contributed by atoms with Gasteiger partial charge < -0.3 is 10.1 Å². The number of hydrogen-bond acceptors (Lipinski definition) is 4. The lowest BCUT2D eigenvalue weighted by Gasteiger charge is -2.51. The second-order valence-corrected chi connectivity index (χ2v) is 9.82. The van der Waals surface area contributed by atoms with E-state index < -0.39 is 0 Å². The van der Waals surface area contributed by atoms with Crippen molar-refractivity contribution in [2.45, 2.75) is 31.2 Å². The van der Waals surface area contributed by atoms with Crippen LogP contribution in [0, 0.1) is 16.0 Å². The summed E-state index contributed by atoms with van der Waals surface area (Å²) < 4.78 is 0. The van der Waals surface area contributed by atoms with Crippen molar-refractivity contribution in [3.63, 3.8) is 0 Å². The summed E-state index contributed by atoms with van der Waals surface area (Å²) in [7, 11) is 0. The van der Waals surface area contributed by atoms with Crippen molar-refractivity contribution in [3.05, 3.63) is 105 Å². The van der Waals surface area contributed by atoms with Crippen LogP contribution in [0.4, 0.5) is 5.69 Å². The van der Waals surface area contributed by atoms with Gasteiger partial charge in [-0.15, -0.1) is 0 Å². The number of likely N-dealkylation sites (tertiary alicyclic amines) is 1. The molecule has 2 aliphatic rings. The summed E-state index contributed by atoms with van der Waals surface area (Å²) in [4.78, 5) is 17.0. The minimum Gasteiger partial charge on any atom is -0.508 e. The first-order valence-corrected chi connectivity index (χ1v) is 11.9. The van der Waals surface area contributed by atoms with Gasteiger partial charge in [0.25, 0.3) is 5.69 Å². The molecule has 1 aliphatic heterocycles. The van der Waals surface area contributed by atoms with Crippen LogP contribution in [0.3, 0.4) is 0 Å². The third kappa shape index (κ3) is 3.46. The number of aromatic amines is 1. The summed E-state index contributed by atoms with van der Waals surface area (Å²) in [5.41, 5.74) is 5.84. The number of aromatic hydroxyl groups is 1. The summed E-state index contributed by atoms with van der Waals surface area (Å²) in [5.74, 6) is 0.684. The molecule has 0 spiro atoms.